The summed E-state index contributed by atoms with van der Waals surface area (Å²) < 4.78 is 0. The van der Waals surface area contributed by atoms with Gasteiger partial charge in [0.1, 0.15) is 18.9 Å². The minimum Gasteiger partial charge on any atom is -0.399 e. The maximum atomic E-state index is 9.57. The highest BCUT2D eigenvalue weighted by molar-refractivity contribution is 6.04. The van der Waals surface area contributed by atoms with Crippen LogP contribution in [0.2, 0.25) is 0 Å². The van der Waals surface area contributed by atoms with Gasteiger partial charge in [-0.25, -0.2) is 0 Å². The Bertz CT molecular complexity index is 319. The van der Waals surface area contributed by atoms with Crippen LogP contribution in [0, 0.1) is 0 Å². The Morgan fingerprint density at radius 2 is 2.14 bits per heavy atom. The first-order chi connectivity index (χ1) is 6.79. The zero-order valence-corrected chi connectivity index (χ0v) is 8.05. The van der Waals surface area contributed by atoms with Crippen molar-refractivity contribution in [1.82, 2.24) is 0 Å². The van der Waals surface area contributed by atoms with Gasteiger partial charge in [0.25, 0.3) is 0 Å². The average molecular weight is 191 g/mol. The maximum absolute atomic E-state index is 9.57. The largest absolute Gasteiger partial charge is 0.399 e. The molecule has 1 N–H and O–H groups in total. The van der Waals surface area contributed by atoms with Gasteiger partial charge in [0.15, 0.2) is 0 Å². The predicted molar refractivity (Wildman–Crippen MR) is 56.2 cm³/mol. The molecule has 1 unspecified atom stereocenters. The van der Waals surface area contributed by atoms with E-state index in [4.69, 9.17) is 0 Å². The molecule has 3 nitrogen and oxygen atoms in total. The predicted octanol–water partition coefficient (Wildman–Crippen LogP) is 1.58. The third-order valence-electron chi connectivity index (χ3n) is 1.76. The molecule has 0 saturated heterocycles. The molecular formula is C11H13NO2. The van der Waals surface area contributed by atoms with Crippen LogP contribution >= 0.6 is 0 Å². The summed E-state index contributed by atoms with van der Waals surface area (Å²) in [6.45, 7) is 3.50. The Morgan fingerprint density at radius 3 is 2.64 bits per heavy atom. The van der Waals surface area contributed by atoms with Crippen molar-refractivity contribution in [3.05, 3.63) is 48.6 Å². The monoisotopic (exact) mass is 191 g/mol. The van der Waals surface area contributed by atoms with Gasteiger partial charge in [-0.2, -0.15) is 0 Å². The van der Waals surface area contributed by atoms with Crippen molar-refractivity contribution >= 4 is 5.71 Å². The van der Waals surface area contributed by atoms with Crippen LogP contribution in [0.1, 0.15) is 5.56 Å². The standard InChI is InChI=1S/C11H13NO2/c1-3-10(13)11(12-14-2)9-7-5-4-6-8-9/h3-8,10,13H,1H2,2H3/b12-11-. The summed E-state index contributed by atoms with van der Waals surface area (Å²) in [7, 11) is 1.44. The molecule has 74 valence electrons. The number of hydrogen-bond donors (Lipinski definition) is 1. The van der Waals surface area contributed by atoms with Crippen molar-refractivity contribution < 1.29 is 9.94 Å². The Balaban J connectivity index is 3.01. The van der Waals surface area contributed by atoms with Crippen LogP contribution in [0.3, 0.4) is 0 Å². The zero-order valence-electron chi connectivity index (χ0n) is 8.05. The molecule has 0 heterocycles. The zero-order chi connectivity index (χ0) is 10.4. The van der Waals surface area contributed by atoms with Crippen molar-refractivity contribution in [2.24, 2.45) is 5.16 Å². The van der Waals surface area contributed by atoms with Gasteiger partial charge >= 0.3 is 0 Å². The van der Waals surface area contributed by atoms with E-state index < -0.39 is 6.10 Å². The second-order valence-corrected chi connectivity index (χ2v) is 2.71. The van der Waals surface area contributed by atoms with E-state index in [0.29, 0.717) is 5.71 Å². The van der Waals surface area contributed by atoms with Gasteiger partial charge in [0.2, 0.25) is 0 Å². The van der Waals surface area contributed by atoms with Crippen LogP contribution in [0.25, 0.3) is 0 Å². The van der Waals surface area contributed by atoms with E-state index in [2.05, 4.69) is 16.6 Å². The smallest absolute Gasteiger partial charge is 0.119 e. The quantitative estimate of drug-likeness (QED) is 0.446. The van der Waals surface area contributed by atoms with Crippen LogP contribution < -0.4 is 0 Å². The van der Waals surface area contributed by atoms with Gasteiger partial charge in [-0.15, -0.1) is 6.58 Å². The van der Waals surface area contributed by atoms with Crippen LogP contribution in [0.4, 0.5) is 0 Å². The molecule has 0 bridgehead atoms. The summed E-state index contributed by atoms with van der Waals surface area (Å²) in [5.74, 6) is 0. The van der Waals surface area contributed by atoms with Gasteiger partial charge in [0.05, 0.1) is 0 Å². The highest BCUT2D eigenvalue weighted by Gasteiger charge is 2.11. The first-order valence-electron chi connectivity index (χ1n) is 4.26. The summed E-state index contributed by atoms with van der Waals surface area (Å²) in [4.78, 5) is 4.66. The Kier molecular flexibility index (Phi) is 3.88. The van der Waals surface area contributed by atoms with Crippen molar-refractivity contribution in [1.29, 1.82) is 0 Å². The molecule has 3 heteroatoms. The van der Waals surface area contributed by atoms with Gasteiger partial charge < -0.3 is 9.94 Å². The summed E-state index contributed by atoms with van der Waals surface area (Å²) in [6.07, 6.45) is 0.600. The third-order valence-corrected chi connectivity index (χ3v) is 1.76. The Morgan fingerprint density at radius 1 is 1.50 bits per heavy atom. The molecule has 0 saturated carbocycles. The fourth-order valence-corrected chi connectivity index (χ4v) is 1.10. The lowest BCUT2D eigenvalue weighted by Crippen LogP contribution is -2.19. The minimum absolute atomic E-state index is 0.461. The minimum atomic E-state index is -0.808. The number of aliphatic hydroxyl groups is 1. The number of nitrogens with zero attached hydrogens (tertiary/aromatic N) is 1. The fraction of sp³-hybridized carbons (Fsp3) is 0.182. The Labute approximate surface area is 83.3 Å². The third kappa shape index (κ3) is 2.44. The summed E-state index contributed by atoms with van der Waals surface area (Å²) in [6, 6.07) is 9.34. The molecule has 0 aromatic heterocycles. The molecule has 0 fully saturated rings. The highest BCUT2D eigenvalue weighted by Crippen LogP contribution is 2.06. The van der Waals surface area contributed by atoms with Gasteiger partial charge in [-0.3, -0.25) is 0 Å². The number of benzene rings is 1. The number of rotatable bonds is 4. The molecule has 1 aromatic carbocycles. The van der Waals surface area contributed by atoms with E-state index in [0.717, 1.165) is 5.56 Å². The number of aliphatic hydroxyl groups excluding tert-OH is 1. The molecule has 0 aliphatic carbocycles. The summed E-state index contributed by atoms with van der Waals surface area (Å²) in [5.41, 5.74) is 1.28. The molecule has 0 aliphatic rings. The molecule has 0 spiro atoms. The highest BCUT2D eigenvalue weighted by atomic mass is 16.6. The van der Waals surface area contributed by atoms with Crippen LogP contribution in [-0.4, -0.2) is 24.0 Å². The molecule has 1 rings (SSSR count). The summed E-state index contributed by atoms with van der Waals surface area (Å²) >= 11 is 0. The fourth-order valence-electron chi connectivity index (χ4n) is 1.10. The number of hydrogen-bond acceptors (Lipinski definition) is 3. The number of oxime groups is 1. The normalized spacial score (nSPS) is 13.4. The van der Waals surface area contributed by atoms with E-state index in [-0.39, 0.29) is 0 Å². The lowest BCUT2D eigenvalue weighted by Gasteiger charge is -2.08. The topological polar surface area (TPSA) is 41.8 Å². The molecule has 1 atom stereocenters. The van der Waals surface area contributed by atoms with Crippen molar-refractivity contribution in [2.45, 2.75) is 6.10 Å². The van der Waals surface area contributed by atoms with Gasteiger partial charge in [-0.05, 0) is 0 Å². The van der Waals surface area contributed by atoms with Gasteiger partial charge in [-0.1, -0.05) is 41.6 Å². The van der Waals surface area contributed by atoms with E-state index in [1.807, 2.05) is 30.3 Å². The lowest BCUT2D eigenvalue weighted by atomic mass is 10.1. The van der Waals surface area contributed by atoms with E-state index >= 15 is 0 Å². The maximum Gasteiger partial charge on any atom is 0.119 e. The first-order valence-corrected chi connectivity index (χ1v) is 4.26. The van der Waals surface area contributed by atoms with E-state index in [1.165, 1.54) is 13.2 Å². The molecule has 0 aliphatic heterocycles. The second kappa shape index (κ2) is 5.19. The van der Waals surface area contributed by atoms with Gasteiger partial charge in [0, 0.05) is 5.56 Å². The van der Waals surface area contributed by atoms with Crippen molar-refractivity contribution in [3.8, 4) is 0 Å². The first kappa shape index (κ1) is 10.5. The van der Waals surface area contributed by atoms with Crippen molar-refractivity contribution in [3.63, 3.8) is 0 Å². The molecule has 1 aromatic rings. The molecule has 0 amide bonds. The Hall–Kier alpha value is -1.61. The van der Waals surface area contributed by atoms with E-state index in [1.54, 1.807) is 0 Å². The molecule has 0 radical (unpaired) electrons. The second-order valence-electron chi connectivity index (χ2n) is 2.71. The van der Waals surface area contributed by atoms with Crippen LogP contribution in [0.15, 0.2) is 48.1 Å². The van der Waals surface area contributed by atoms with E-state index in [9.17, 15) is 5.11 Å². The van der Waals surface area contributed by atoms with Crippen molar-refractivity contribution in [2.75, 3.05) is 7.11 Å². The van der Waals surface area contributed by atoms with Crippen LogP contribution in [-0.2, 0) is 4.84 Å². The lowest BCUT2D eigenvalue weighted by molar-refractivity contribution is 0.204. The van der Waals surface area contributed by atoms with Crippen LogP contribution in [0.5, 0.6) is 0 Å². The SMILES string of the molecule is C=CC(O)/C(=N\OC)c1ccccc1. The molecular weight excluding hydrogens is 178 g/mol. The average Bonchev–Trinajstić information content (AvgIpc) is 2.26. The summed E-state index contributed by atoms with van der Waals surface area (Å²) in [5, 5.41) is 13.3. The molecule has 14 heavy (non-hydrogen) atoms.